The van der Waals surface area contributed by atoms with Gasteiger partial charge in [-0.1, -0.05) is 18.2 Å². The topological polar surface area (TPSA) is 104 Å². The van der Waals surface area contributed by atoms with Crippen LogP contribution in [-0.4, -0.2) is 59.2 Å². The minimum Gasteiger partial charge on any atom is -0.353 e. The van der Waals surface area contributed by atoms with Crippen molar-refractivity contribution in [3.05, 3.63) is 75.8 Å². The van der Waals surface area contributed by atoms with Crippen molar-refractivity contribution in [3.8, 4) is 11.3 Å². The van der Waals surface area contributed by atoms with Gasteiger partial charge in [0.15, 0.2) is 5.82 Å². The van der Waals surface area contributed by atoms with Crippen molar-refractivity contribution in [3.63, 3.8) is 0 Å². The average molecular weight is 432 g/mol. The molecule has 3 aromatic rings. The number of aryl methyl sites for hydroxylation is 1. The molecule has 32 heavy (non-hydrogen) atoms. The van der Waals surface area contributed by atoms with E-state index in [1.807, 2.05) is 24.3 Å². The highest BCUT2D eigenvalue weighted by Gasteiger charge is 2.17. The van der Waals surface area contributed by atoms with E-state index in [0.29, 0.717) is 11.3 Å². The fourth-order valence-corrected chi connectivity index (χ4v) is 3.56. The first-order chi connectivity index (χ1) is 15.4. The Kier molecular flexibility index (Phi) is 6.09. The molecule has 164 valence electrons. The number of nitrogens with one attached hydrogen (secondary N) is 1. The van der Waals surface area contributed by atoms with Crippen LogP contribution in [-0.2, 0) is 0 Å². The Morgan fingerprint density at radius 1 is 1.00 bits per heavy atom. The summed E-state index contributed by atoms with van der Waals surface area (Å²) in [6, 6.07) is 15.6. The zero-order chi connectivity index (χ0) is 22.7. The number of nitro benzene ring substituents is 1. The van der Waals surface area contributed by atoms with Gasteiger partial charge in [0.05, 0.1) is 10.6 Å². The van der Waals surface area contributed by atoms with Crippen LogP contribution >= 0.6 is 0 Å². The molecule has 1 saturated heterocycles. The maximum absolute atomic E-state index is 12.5. The predicted molar refractivity (Wildman–Crippen MR) is 123 cm³/mol. The van der Waals surface area contributed by atoms with Gasteiger partial charge in [0.1, 0.15) is 0 Å². The lowest BCUT2D eigenvalue weighted by atomic mass is 10.1. The molecular formula is C23H24N6O3. The lowest BCUT2D eigenvalue weighted by molar-refractivity contribution is -0.385. The summed E-state index contributed by atoms with van der Waals surface area (Å²) in [6.45, 7) is 5.52. The number of amides is 1. The van der Waals surface area contributed by atoms with E-state index in [2.05, 4.69) is 32.4 Å². The molecule has 2 aromatic carbocycles. The van der Waals surface area contributed by atoms with Crippen molar-refractivity contribution in [2.45, 2.75) is 6.92 Å². The predicted octanol–water partition coefficient (Wildman–Crippen LogP) is 3.36. The smallest absolute Gasteiger partial charge is 0.273 e. The van der Waals surface area contributed by atoms with Crippen molar-refractivity contribution >= 4 is 23.1 Å². The molecule has 2 heterocycles. The molecular weight excluding hydrogens is 408 g/mol. The van der Waals surface area contributed by atoms with Crippen LogP contribution in [0.25, 0.3) is 11.3 Å². The first kappa shape index (κ1) is 21.4. The molecule has 0 saturated carbocycles. The van der Waals surface area contributed by atoms with E-state index in [1.54, 1.807) is 31.2 Å². The Morgan fingerprint density at radius 3 is 2.34 bits per heavy atom. The zero-order valence-electron chi connectivity index (χ0n) is 18.0. The number of aromatic nitrogens is 2. The number of likely N-dealkylation sites (N-methyl/N-ethyl adjacent to an activating group) is 1. The SMILES string of the molecule is Cc1ccc(C(=O)Nc2ccc(-c3ccc(N4CCN(C)CC4)nn3)cc2)cc1[N+](=O)[O-]. The Morgan fingerprint density at radius 2 is 1.72 bits per heavy atom. The standard InChI is InChI=1S/C23H24N6O3/c1-16-3-4-18(15-21(16)29(31)32)23(30)24-19-7-5-17(6-8-19)20-9-10-22(26-25-20)28-13-11-27(2)12-14-28/h3-10,15H,11-14H2,1-2H3,(H,24,30). The molecule has 1 aliphatic rings. The summed E-state index contributed by atoms with van der Waals surface area (Å²) in [5.41, 5.74) is 2.88. The molecule has 0 atom stereocenters. The van der Waals surface area contributed by atoms with E-state index in [1.165, 1.54) is 6.07 Å². The highest BCUT2D eigenvalue weighted by molar-refractivity contribution is 6.04. The summed E-state index contributed by atoms with van der Waals surface area (Å²) in [5.74, 6) is 0.468. The van der Waals surface area contributed by atoms with Gasteiger partial charge in [-0.25, -0.2) is 0 Å². The van der Waals surface area contributed by atoms with E-state index in [9.17, 15) is 14.9 Å². The van der Waals surface area contributed by atoms with Gasteiger partial charge in [-0.15, -0.1) is 10.2 Å². The minimum atomic E-state index is -0.489. The van der Waals surface area contributed by atoms with Gasteiger partial charge in [0.2, 0.25) is 0 Å². The molecule has 9 nitrogen and oxygen atoms in total. The first-order valence-corrected chi connectivity index (χ1v) is 10.3. The van der Waals surface area contributed by atoms with Crippen LogP contribution in [0.3, 0.4) is 0 Å². The van der Waals surface area contributed by atoms with Gasteiger partial charge < -0.3 is 15.1 Å². The summed E-state index contributed by atoms with van der Waals surface area (Å²) < 4.78 is 0. The molecule has 0 aliphatic carbocycles. The molecule has 0 unspecified atom stereocenters. The summed E-state index contributed by atoms with van der Waals surface area (Å²) >= 11 is 0. The molecule has 1 aliphatic heterocycles. The maximum atomic E-state index is 12.5. The van der Waals surface area contributed by atoms with E-state index in [4.69, 9.17) is 0 Å². The number of rotatable bonds is 5. The van der Waals surface area contributed by atoms with Crippen molar-refractivity contribution in [2.75, 3.05) is 43.4 Å². The number of anilines is 2. The Hall–Kier alpha value is -3.85. The highest BCUT2D eigenvalue weighted by atomic mass is 16.6. The number of hydrogen-bond acceptors (Lipinski definition) is 7. The van der Waals surface area contributed by atoms with Crippen LogP contribution < -0.4 is 10.2 Å². The molecule has 9 heteroatoms. The largest absolute Gasteiger partial charge is 0.353 e. The third-order valence-corrected chi connectivity index (χ3v) is 5.58. The fraction of sp³-hybridized carbons (Fsp3) is 0.261. The number of benzene rings is 2. The average Bonchev–Trinajstić information content (AvgIpc) is 2.80. The molecule has 0 radical (unpaired) electrons. The van der Waals surface area contributed by atoms with Gasteiger partial charge in [-0.3, -0.25) is 14.9 Å². The summed E-state index contributed by atoms with van der Waals surface area (Å²) in [7, 11) is 2.11. The van der Waals surface area contributed by atoms with Crippen molar-refractivity contribution in [1.82, 2.24) is 15.1 Å². The number of carbonyl (C=O) groups is 1. The number of hydrogen-bond donors (Lipinski definition) is 1. The quantitative estimate of drug-likeness (QED) is 0.487. The monoisotopic (exact) mass is 432 g/mol. The normalized spacial score (nSPS) is 14.2. The van der Waals surface area contributed by atoms with Crippen molar-refractivity contribution in [1.29, 1.82) is 0 Å². The fourth-order valence-electron chi connectivity index (χ4n) is 3.56. The number of piperazine rings is 1. The summed E-state index contributed by atoms with van der Waals surface area (Å²) in [5, 5.41) is 22.6. The van der Waals surface area contributed by atoms with Crippen molar-refractivity contribution < 1.29 is 9.72 Å². The molecule has 1 amide bonds. The summed E-state index contributed by atoms with van der Waals surface area (Å²) in [6.07, 6.45) is 0. The number of carbonyl (C=O) groups excluding carboxylic acids is 1. The van der Waals surface area contributed by atoms with Gasteiger partial charge in [-0.05, 0) is 44.3 Å². The molecule has 4 rings (SSSR count). The minimum absolute atomic E-state index is 0.0772. The second-order valence-electron chi connectivity index (χ2n) is 7.86. The van der Waals surface area contributed by atoms with Crippen LogP contribution in [0.4, 0.5) is 17.2 Å². The van der Waals surface area contributed by atoms with Gasteiger partial charge in [0, 0.05) is 54.6 Å². The second kappa shape index (κ2) is 9.11. The molecule has 1 N–H and O–H groups in total. The van der Waals surface area contributed by atoms with Crippen LogP contribution in [0.5, 0.6) is 0 Å². The number of nitro groups is 1. The summed E-state index contributed by atoms with van der Waals surface area (Å²) in [4.78, 5) is 27.6. The van der Waals surface area contributed by atoms with Gasteiger partial charge in [0.25, 0.3) is 11.6 Å². The Labute approximate surface area is 185 Å². The van der Waals surface area contributed by atoms with E-state index >= 15 is 0 Å². The van der Waals surface area contributed by atoms with Gasteiger partial charge >= 0.3 is 0 Å². The molecule has 1 fully saturated rings. The third-order valence-electron chi connectivity index (χ3n) is 5.58. The van der Waals surface area contributed by atoms with E-state index < -0.39 is 10.8 Å². The van der Waals surface area contributed by atoms with E-state index in [0.717, 1.165) is 43.3 Å². The first-order valence-electron chi connectivity index (χ1n) is 10.3. The lowest BCUT2D eigenvalue weighted by Gasteiger charge is -2.32. The van der Waals surface area contributed by atoms with Crippen molar-refractivity contribution in [2.24, 2.45) is 0 Å². The van der Waals surface area contributed by atoms with Crippen LogP contribution in [0.15, 0.2) is 54.6 Å². The molecule has 0 spiro atoms. The Balaban J connectivity index is 1.42. The van der Waals surface area contributed by atoms with Crippen LogP contribution in [0.1, 0.15) is 15.9 Å². The van der Waals surface area contributed by atoms with Gasteiger partial charge in [-0.2, -0.15) is 0 Å². The van der Waals surface area contributed by atoms with Crippen LogP contribution in [0.2, 0.25) is 0 Å². The second-order valence-corrected chi connectivity index (χ2v) is 7.86. The lowest BCUT2D eigenvalue weighted by Crippen LogP contribution is -2.44. The molecule has 0 bridgehead atoms. The van der Waals surface area contributed by atoms with Crippen LogP contribution in [0, 0.1) is 17.0 Å². The Bertz CT molecular complexity index is 1120. The number of nitrogens with zero attached hydrogens (tertiary/aromatic N) is 5. The third kappa shape index (κ3) is 4.73. The maximum Gasteiger partial charge on any atom is 0.273 e. The molecule has 1 aromatic heterocycles. The van der Waals surface area contributed by atoms with E-state index in [-0.39, 0.29) is 11.3 Å². The zero-order valence-corrected chi connectivity index (χ0v) is 18.0. The highest BCUT2D eigenvalue weighted by Crippen LogP contribution is 2.23.